The number of aryl methyl sites for hydroxylation is 2. The molecular formula is C28H24Cl3N3O4. The van der Waals surface area contributed by atoms with Crippen molar-refractivity contribution in [2.24, 2.45) is 11.0 Å². The number of amidine groups is 1. The van der Waals surface area contributed by atoms with Crippen molar-refractivity contribution in [1.29, 1.82) is 0 Å². The highest BCUT2D eigenvalue weighted by Crippen LogP contribution is 2.39. The molecule has 1 aliphatic rings. The lowest BCUT2D eigenvalue weighted by molar-refractivity contribution is -0.119. The number of hydrazone groups is 1. The Labute approximate surface area is 235 Å². The average Bonchev–Trinajstić information content (AvgIpc) is 3.13. The minimum Gasteiger partial charge on any atom is -0.482 e. The van der Waals surface area contributed by atoms with Crippen molar-refractivity contribution in [2.45, 2.75) is 33.8 Å². The number of rotatable bonds is 6. The molecule has 38 heavy (non-hydrogen) atoms. The molecule has 1 aliphatic heterocycles. The van der Waals surface area contributed by atoms with Crippen LogP contribution in [0.25, 0.3) is 0 Å². The van der Waals surface area contributed by atoms with Gasteiger partial charge in [0.25, 0.3) is 11.8 Å². The van der Waals surface area contributed by atoms with E-state index in [9.17, 15) is 14.4 Å². The number of ether oxygens (including phenoxy) is 1. The van der Waals surface area contributed by atoms with E-state index >= 15 is 0 Å². The van der Waals surface area contributed by atoms with Crippen molar-refractivity contribution in [3.05, 3.63) is 91.9 Å². The molecule has 0 saturated heterocycles. The first-order chi connectivity index (χ1) is 18.0. The fourth-order valence-electron chi connectivity index (χ4n) is 3.99. The highest BCUT2D eigenvalue weighted by Gasteiger charge is 2.36. The molecule has 3 aromatic carbocycles. The number of nitrogens with zero attached hydrogens (tertiary/aromatic N) is 2. The minimum absolute atomic E-state index is 0.116. The van der Waals surface area contributed by atoms with Crippen molar-refractivity contribution in [3.8, 4) is 5.75 Å². The Balaban J connectivity index is 1.51. The summed E-state index contributed by atoms with van der Waals surface area (Å²) in [6.45, 7) is 7.16. The van der Waals surface area contributed by atoms with Gasteiger partial charge < -0.3 is 10.1 Å². The Hall–Kier alpha value is -3.39. The van der Waals surface area contributed by atoms with Crippen molar-refractivity contribution in [1.82, 2.24) is 5.32 Å². The first-order valence-electron chi connectivity index (χ1n) is 11.7. The van der Waals surface area contributed by atoms with E-state index in [1.165, 1.54) is 18.2 Å². The Morgan fingerprint density at radius 1 is 1.00 bits per heavy atom. The van der Waals surface area contributed by atoms with Crippen LogP contribution in [-0.4, -0.2) is 29.5 Å². The summed E-state index contributed by atoms with van der Waals surface area (Å²) >= 11 is 18.5. The van der Waals surface area contributed by atoms with E-state index in [1.807, 2.05) is 32.0 Å². The maximum absolute atomic E-state index is 13.1. The summed E-state index contributed by atoms with van der Waals surface area (Å²) in [7, 11) is 0. The van der Waals surface area contributed by atoms with Crippen LogP contribution in [0, 0.1) is 19.8 Å². The second-order valence-electron chi connectivity index (χ2n) is 9.00. The molecule has 2 amide bonds. The first-order valence-corrected chi connectivity index (χ1v) is 12.9. The average molecular weight is 573 g/mol. The normalized spacial score (nSPS) is 15.8. The maximum atomic E-state index is 13.1. The van der Waals surface area contributed by atoms with E-state index in [1.54, 1.807) is 32.0 Å². The van der Waals surface area contributed by atoms with Crippen LogP contribution in [0.1, 0.15) is 45.7 Å². The number of anilines is 1. The molecule has 10 heteroatoms. The maximum Gasteiger partial charge on any atom is 0.258 e. The van der Waals surface area contributed by atoms with E-state index in [0.29, 0.717) is 16.3 Å². The van der Waals surface area contributed by atoms with E-state index in [-0.39, 0.29) is 32.9 Å². The Kier molecular flexibility index (Phi) is 8.11. The number of Topliss-reactive ketones (excluding diaryl/α,β-unsaturated/α-hetero) is 1. The van der Waals surface area contributed by atoms with Gasteiger partial charge in [0.15, 0.2) is 6.10 Å². The van der Waals surface area contributed by atoms with Crippen LogP contribution in [0.2, 0.25) is 15.1 Å². The van der Waals surface area contributed by atoms with Crippen molar-refractivity contribution < 1.29 is 19.1 Å². The van der Waals surface area contributed by atoms with Gasteiger partial charge in [-0.3, -0.25) is 14.4 Å². The topological polar surface area (TPSA) is 88.1 Å². The standard InChI is InChI=1S/C28H24Cl3N3O4/c1-14-8-9-23(15(2)10-14)38-17(4)25(35)18-6-5-7-19(11-18)27(36)32-26-16(3)28(37)34(33-26)24-21(30)12-20(29)13-22(24)31/h5-13,16-17H,1-4H3,(H,32,33,36). The largest absolute Gasteiger partial charge is 0.482 e. The zero-order valence-electron chi connectivity index (χ0n) is 21.0. The first kappa shape index (κ1) is 27.6. The summed E-state index contributed by atoms with van der Waals surface area (Å²) < 4.78 is 5.89. The molecule has 7 nitrogen and oxygen atoms in total. The Bertz CT molecular complexity index is 1460. The monoisotopic (exact) mass is 571 g/mol. The van der Waals surface area contributed by atoms with Crippen molar-refractivity contribution >= 4 is 63.9 Å². The molecule has 0 bridgehead atoms. The van der Waals surface area contributed by atoms with E-state index < -0.39 is 23.8 Å². The molecule has 0 spiro atoms. The number of nitrogens with one attached hydrogen (secondary N) is 1. The van der Waals surface area contributed by atoms with Gasteiger partial charge >= 0.3 is 0 Å². The summed E-state index contributed by atoms with van der Waals surface area (Å²) in [5.41, 5.74) is 2.72. The number of hydrogen-bond donors (Lipinski definition) is 1. The van der Waals surface area contributed by atoms with E-state index in [4.69, 9.17) is 39.5 Å². The molecule has 1 N–H and O–H groups in total. The second kappa shape index (κ2) is 11.2. The molecule has 1 heterocycles. The summed E-state index contributed by atoms with van der Waals surface area (Å²) in [5.74, 6) is -1.26. The van der Waals surface area contributed by atoms with Crippen LogP contribution in [0.3, 0.4) is 0 Å². The number of carbonyl (C=O) groups is 3. The van der Waals surface area contributed by atoms with Crippen LogP contribution >= 0.6 is 34.8 Å². The zero-order valence-corrected chi connectivity index (χ0v) is 23.3. The summed E-state index contributed by atoms with van der Waals surface area (Å²) in [6.07, 6.45) is -0.769. The molecule has 4 rings (SSSR count). The predicted molar refractivity (Wildman–Crippen MR) is 150 cm³/mol. The number of carbonyl (C=O) groups excluding carboxylic acids is 3. The SMILES string of the molecule is Cc1ccc(OC(C)C(=O)c2cccc(C(=O)NC3=NN(c4c(Cl)cc(Cl)cc4Cl)C(=O)C3C)c2)c(C)c1. The van der Waals surface area contributed by atoms with Crippen molar-refractivity contribution in [2.75, 3.05) is 5.01 Å². The van der Waals surface area contributed by atoms with Gasteiger partial charge in [0.05, 0.1) is 16.0 Å². The molecule has 0 fully saturated rings. The molecule has 0 saturated carbocycles. The highest BCUT2D eigenvalue weighted by atomic mass is 35.5. The van der Waals surface area contributed by atoms with Gasteiger partial charge in [-0.2, -0.15) is 10.1 Å². The number of halogens is 3. The molecule has 2 atom stereocenters. The van der Waals surface area contributed by atoms with Gasteiger partial charge in [0, 0.05) is 16.1 Å². The van der Waals surface area contributed by atoms with Crippen LogP contribution in [-0.2, 0) is 4.79 Å². The molecule has 0 aliphatic carbocycles. The Morgan fingerprint density at radius 3 is 2.32 bits per heavy atom. The molecule has 0 radical (unpaired) electrons. The van der Waals surface area contributed by atoms with Crippen LogP contribution < -0.4 is 15.1 Å². The Morgan fingerprint density at radius 2 is 1.66 bits per heavy atom. The summed E-state index contributed by atoms with van der Waals surface area (Å²) in [6, 6.07) is 14.9. The van der Waals surface area contributed by atoms with Gasteiger partial charge in [-0.05, 0) is 63.6 Å². The molecule has 2 unspecified atom stereocenters. The highest BCUT2D eigenvalue weighted by molar-refractivity contribution is 6.42. The number of amides is 2. The van der Waals surface area contributed by atoms with Gasteiger partial charge in [0.2, 0.25) is 5.78 Å². The van der Waals surface area contributed by atoms with Gasteiger partial charge in [-0.1, -0.05) is 64.6 Å². The fraction of sp³-hybridized carbons (Fsp3) is 0.214. The lowest BCUT2D eigenvalue weighted by Crippen LogP contribution is -2.35. The summed E-state index contributed by atoms with van der Waals surface area (Å²) in [4.78, 5) is 39.0. The zero-order chi connectivity index (χ0) is 27.7. The van der Waals surface area contributed by atoms with Crippen molar-refractivity contribution in [3.63, 3.8) is 0 Å². The fourth-order valence-corrected chi connectivity index (χ4v) is 4.96. The molecule has 3 aromatic rings. The number of hydrogen-bond acceptors (Lipinski definition) is 5. The second-order valence-corrected chi connectivity index (χ2v) is 10.3. The van der Waals surface area contributed by atoms with Crippen LogP contribution in [0.5, 0.6) is 5.75 Å². The predicted octanol–water partition coefficient (Wildman–Crippen LogP) is 6.64. The van der Waals surface area contributed by atoms with Crippen LogP contribution in [0.15, 0.2) is 59.7 Å². The van der Waals surface area contributed by atoms with Gasteiger partial charge in [-0.25, -0.2) is 0 Å². The minimum atomic E-state index is -0.769. The van der Waals surface area contributed by atoms with E-state index in [0.717, 1.165) is 16.1 Å². The lowest BCUT2D eigenvalue weighted by Gasteiger charge is -2.16. The third kappa shape index (κ3) is 5.70. The third-order valence-electron chi connectivity index (χ3n) is 6.04. The quantitative estimate of drug-likeness (QED) is 0.335. The third-order valence-corrected chi connectivity index (χ3v) is 6.84. The van der Waals surface area contributed by atoms with Gasteiger partial charge in [-0.15, -0.1) is 0 Å². The van der Waals surface area contributed by atoms with Crippen LogP contribution in [0.4, 0.5) is 5.69 Å². The lowest BCUT2D eigenvalue weighted by atomic mass is 10.0. The molecule has 196 valence electrons. The van der Waals surface area contributed by atoms with E-state index in [2.05, 4.69) is 10.4 Å². The number of benzene rings is 3. The molecule has 0 aromatic heterocycles. The number of ketones is 1. The van der Waals surface area contributed by atoms with Gasteiger partial charge in [0.1, 0.15) is 17.3 Å². The molecular weight excluding hydrogens is 549 g/mol. The summed E-state index contributed by atoms with van der Waals surface area (Å²) in [5, 5.41) is 8.56. The smallest absolute Gasteiger partial charge is 0.258 e.